The molecular formula is C18H18N4O6. The van der Waals surface area contributed by atoms with Gasteiger partial charge in [0.15, 0.2) is 5.69 Å². The monoisotopic (exact) mass is 386 g/mol. The molecule has 0 fully saturated rings. The molecule has 1 aliphatic heterocycles. The van der Waals surface area contributed by atoms with Gasteiger partial charge in [-0.1, -0.05) is 17.2 Å². The van der Waals surface area contributed by atoms with E-state index in [1.807, 2.05) is 0 Å². The molecule has 1 aliphatic rings. The summed E-state index contributed by atoms with van der Waals surface area (Å²) >= 11 is 0. The molecule has 1 N–H and O–H groups in total. The van der Waals surface area contributed by atoms with E-state index in [4.69, 9.17) is 9.57 Å². The van der Waals surface area contributed by atoms with Crippen LogP contribution in [0.2, 0.25) is 0 Å². The van der Waals surface area contributed by atoms with Crippen molar-refractivity contribution in [3.63, 3.8) is 0 Å². The van der Waals surface area contributed by atoms with Crippen molar-refractivity contribution in [1.29, 1.82) is 0 Å². The zero-order valence-electron chi connectivity index (χ0n) is 15.7. The SMILES string of the molecule is Cn1ncc(NC(=O)OC(C)(C)C)c1C(=O)ON1C(=O)c2ccccc2C1=O. The van der Waals surface area contributed by atoms with Crippen molar-refractivity contribution in [3.8, 4) is 0 Å². The zero-order chi connectivity index (χ0) is 20.6. The summed E-state index contributed by atoms with van der Waals surface area (Å²) in [5.74, 6) is -2.55. The van der Waals surface area contributed by atoms with E-state index in [-0.39, 0.29) is 22.5 Å². The highest BCUT2D eigenvalue weighted by Crippen LogP contribution is 2.24. The summed E-state index contributed by atoms with van der Waals surface area (Å²) in [6.45, 7) is 5.06. The van der Waals surface area contributed by atoms with Crippen LogP contribution in [-0.4, -0.2) is 44.3 Å². The fourth-order valence-electron chi connectivity index (χ4n) is 2.56. The maximum Gasteiger partial charge on any atom is 0.412 e. The fraction of sp³-hybridized carbons (Fsp3) is 0.278. The number of nitrogens with one attached hydrogen (secondary N) is 1. The molecule has 2 heterocycles. The number of aromatic nitrogens is 2. The Labute approximate surface area is 160 Å². The number of aryl methyl sites for hydroxylation is 1. The Morgan fingerprint density at radius 3 is 2.18 bits per heavy atom. The molecule has 0 saturated carbocycles. The van der Waals surface area contributed by atoms with E-state index in [0.717, 1.165) is 4.68 Å². The van der Waals surface area contributed by atoms with Crippen molar-refractivity contribution in [2.45, 2.75) is 26.4 Å². The van der Waals surface area contributed by atoms with Crippen molar-refractivity contribution in [3.05, 3.63) is 47.3 Å². The third-order valence-corrected chi connectivity index (χ3v) is 3.70. The quantitative estimate of drug-likeness (QED) is 0.802. The van der Waals surface area contributed by atoms with Gasteiger partial charge in [0.2, 0.25) is 0 Å². The molecule has 10 nitrogen and oxygen atoms in total. The molecule has 10 heteroatoms. The Hall–Kier alpha value is -3.69. The van der Waals surface area contributed by atoms with Gasteiger partial charge in [-0.3, -0.25) is 19.6 Å². The molecule has 0 aliphatic carbocycles. The number of nitrogens with zero attached hydrogens (tertiary/aromatic N) is 3. The molecular weight excluding hydrogens is 368 g/mol. The lowest BCUT2D eigenvalue weighted by Gasteiger charge is -2.19. The van der Waals surface area contributed by atoms with Crippen molar-refractivity contribution < 1.29 is 28.8 Å². The molecule has 2 aromatic rings. The Bertz CT molecular complexity index is 953. The average Bonchev–Trinajstić information content (AvgIpc) is 3.06. The van der Waals surface area contributed by atoms with Gasteiger partial charge in [0.05, 0.1) is 23.0 Å². The van der Waals surface area contributed by atoms with Gasteiger partial charge in [0.25, 0.3) is 11.8 Å². The summed E-state index contributed by atoms with van der Waals surface area (Å²) in [4.78, 5) is 54.2. The minimum absolute atomic E-state index is 0.0124. The number of hydrogen-bond acceptors (Lipinski definition) is 7. The lowest BCUT2D eigenvalue weighted by molar-refractivity contribution is -0.0591. The smallest absolute Gasteiger partial charge is 0.412 e. The minimum atomic E-state index is -1.04. The highest BCUT2D eigenvalue weighted by Gasteiger charge is 2.39. The third kappa shape index (κ3) is 3.56. The number of ether oxygens (including phenoxy) is 1. The number of anilines is 1. The first kappa shape index (κ1) is 19.1. The molecule has 1 aromatic carbocycles. The van der Waals surface area contributed by atoms with E-state index in [0.29, 0.717) is 5.06 Å². The van der Waals surface area contributed by atoms with E-state index in [9.17, 15) is 19.2 Å². The molecule has 0 bridgehead atoms. The number of carbonyl (C=O) groups excluding carboxylic acids is 4. The predicted octanol–water partition coefficient (Wildman–Crippen LogP) is 2.14. The summed E-state index contributed by atoms with van der Waals surface area (Å²) < 4.78 is 6.28. The maximum atomic E-state index is 12.6. The Kier molecular flexibility index (Phi) is 4.63. The van der Waals surface area contributed by atoms with Crippen LogP contribution in [0.5, 0.6) is 0 Å². The highest BCUT2D eigenvalue weighted by atomic mass is 16.7. The molecule has 0 unspecified atom stereocenters. The Morgan fingerprint density at radius 1 is 1.07 bits per heavy atom. The standard InChI is InChI=1S/C18H18N4O6/c1-18(2,3)27-17(26)20-12-9-19-21(4)13(12)16(25)28-22-14(23)10-7-5-6-8-11(10)15(22)24/h5-9H,1-4H3,(H,20,26). The number of amides is 3. The Balaban J connectivity index is 1.79. The largest absolute Gasteiger partial charge is 0.444 e. The van der Waals surface area contributed by atoms with Gasteiger partial charge in [-0.25, -0.2) is 9.59 Å². The normalized spacial score (nSPS) is 13.4. The van der Waals surface area contributed by atoms with Crippen molar-refractivity contribution in [2.24, 2.45) is 7.05 Å². The minimum Gasteiger partial charge on any atom is -0.444 e. The number of carbonyl (C=O) groups is 4. The number of fused-ring (bicyclic) bond motifs is 1. The van der Waals surface area contributed by atoms with Crippen LogP contribution in [0.15, 0.2) is 30.5 Å². The van der Waals surface area contributed by atoms with E-state index in [1.54, 1.807) is 32.9 Å². The zero-order valence-corrected chi connectivity index (χ0v) is 15.7. The van der Waals surface area contributed by atoms with Crippen molar-refractivity contribution >= 4 is 29.6 Å². The van der Waals surface area contributed by atoms with Gasteiger partial charge in [-0.05, 0) is 32.9 Å². The molecule has 0 spiro atoms. The highest BCUT2D eigenvalue weighted by molar-refractivity contribution is 6.21. The van der Waals surface area contributed by atoms with Gasteiger partial charge in [0, 0.05) is 7.05 Å². The topological polar surface area (TPSA) is 120 Å². The van der Waals surface area contributed by atoms with Crippen LogP contribution in [0.3, 0.4) is 0 Å². The number of imide groups is 1. The molecule has 0 atom stereocenters. The van der Waals surface area contributed by atoms with Gasteiger partial charge >= 0.3 is 12.1 Å². The van der Waals surface area contributed by atoms with E-state index in [1.165, 1.54) is 25.4 Å². The summed E-state index contributed by atoms with van der Waals surface area (Å²) in [5.41, 5.74) is -0.622. The first-order chi connectivity index (χ1) is 13.1. The molecule has 3 rings (SSSR count). The summed E-state index contributed by atoms with van der Waals surface area (Å²) in [7, 11) is 1.44. The fourth-order valence-corrected chi connectivity index (χ4v) is 2.56. The average molecular weight is 386 g/mol. The van der Waals surface area contributed by atoms with Crippen LogP contribution in [-0.2, 0) is 16.6 Å². The maximum absolute atomic E-state index is 12.6. The number of benzene rings is 1. The van der Waals surface area contributed by atoms with Gasteiger partial charge < -0.3 is 9.57 Å². The van der Waals surface area contributed by atoms with Crippen molar-refractivity contribution in [2.75, 3.05) is 5.32 Å². The van der Waals surface area contributed by atoms with Crippen molar-refractivity contribution in [1.82, 2.24) is 14.8 Å². The number of hydroxylamine groups is 2. The second kappa shape index (κ2) is 6.80. The number of hydrogen-bond donors (Lipinski definition) is 1. The molecule has 0 radical (unpaired) electrons. The summed E-state index contributed by atoms with van der Waals surface area (Å²) in [6.07, 6.45) is 0.429. The Morgan fingerprint density at radius 2 is 1.64 bits per heavy atom. The van der Waals surface area contributed by atoms with Gasteiger partial charge in [-0.15, -0.1) is 0 Å². The molecule has 146 valence electrons. The third-order valence-electron chi connectivity index (χ3n) is 3.70. The first-order valence-electron chi connectivity index (χ1n) is 8.30. The van der Waals surface area contributed by atoms with Crippen LogP contribution >= 0.6 is 0 Å². The van der Waals surface area contributed by atoms with E-state index in [2.05, 4.69) is 10.4 Å². The molecule has 0 saturated heterocycles. The van der Waals surface area contributed by atoms with E-state index < -0.39 is 29.5 Å². The molecule has 1 aromatic heterocycles. The lowest BCUT2D eigenvalue weighted by Crippen LogP contribution is -2.34. The van der Waals surface area contributed by atoms with Gasteiger partial charge in [0.1, 0.15) is 5.60 Å². The van der Waals surface area contributed by atoms with Crippen LogP contribution in [0.4, 0.5) is 10.5 Å². The summed E-state index contributed by atoms with van der Waals surface area (Å²) in [6, 6.07) is 6.12. The number of rotatable bonds is 3. The molecule has 3 amide bonds. The van der Waals surface area contributed by atoms with Crippen LogP contribution in [0.1, 0.15) is 52.0 Å². The van der Waals surface area contributed by atoms with Gasteiger partial charge in [-0.2, -0.15) is 5.10 Å². The van der Waals surface area contributed by atoms with Crippen LogP contribution < -0.4 is 5.32 Å². The van der Waals surface area contributed by atoms with E-state index >= 15 is 0 Å². The van der Waals surface area contributed by atoms with Crippen LogP contribution in [0, 0.1) is 0 Å². The lowest BCUT2D eigenvalue weighted by atomic mass is 10.1. The second-order valence-corrected chi connectivity index (χ2v) is 6.99. The van der Waals surface area contributed by atoms with Crippen LogP contribution in [0.25, 0.3) is 0 Å². The second-order valence-electron chi connectivity index (χ2n) is 6.99. The molecule has 28 heavy (non-hydrogen) atoms. The first-order valence-corrected chi connectivity index (χ1v) is 8.30. The predicted molar refractivity (Wildman–Crippen MR) is 95.4 cm³/mol. The summed E-state index contributed by atoms with van der Waals surface area (Å²) in [5, 5.41) is 6.68.